The first kappa shape index (κ1) is 3.65. The molecule has 2 aromatic heterocycles. The summed E-state index contributed by atoms with van der Waals surface area (Å²) in [4.78, 5) is 0. The van der Waals surface area contributed by atoms with Gasteiger partial charge in [0.2, 0.25) is 0 Å². The van der Waals surface area contributed by atoms with Crippen LogP contribution in [0.5, 0.6) is 0 Å². The fourth-order valence-electron chi connectivity index (χ4n) is 0.634. The minimum absolute atomic E-state index is 1.50. The van der Waals surface area contributed by atoms with Crippen molar-refractivity contribution in [1.82, 2.24) is 14.7 Å². The zero-order chi connectivity index (χ0) is 5.40. The van der Waals surface area contributed by atoms with Gasteiger partial charge in [0.05, 0.1) is 0 Å². The second-order valence-electron chi connectivity index (χ2n) is 1.48. The Bertz CT molecular complexity index is 229. The van der Waals surface area contributed by atoms with Crippen LogP contribution in [0.25, 0.3) is 0 Å². The Labute approximate surface area is 45.3 Å². The number of nitrogens with zero attached hydrogens (tertiary/aromatic N) is 4. The van der Waals surface area contributed by atoms with Gasteiger partial charge in [0.15, 0.2) is 0 Å². The third-order valence-electron chi connectivity index (χ3n) is 0.985. The molecule has 0 amide bonds. The Morgan fingerprint density at radius 1 is 1.50 bits per heavy atom. The van der Waals surface area contributed by atoms with E-state index in [-0.39, 0.29) is 0 Å². The normalized spacial score (nSPS) is 10.5. The molecule has 0 saturated heterocycles. The molecule has 0 bridgehead atoms. The molecule has 4 heteroatoms. The molecule has 2 heterocycles. The van der Waals surface area contributed by atoms with Crippen molar-refractivity contribution in [3.8, 4) is 0 Å². The van der Waals surface area contributed by atoms with E-state index < -0.39 is 0 Å². The fraction of sp³-hybridized carbons (Fsp3) is 0. The van der Waals surface area contributed by atoms with Crippen molar-refractivity contribution < 1.29 is 4.74 Å². The predicted molar refractivity (Wildman–Crippen MR) is 24.2 cm³/mol. The van der Waals surface area contributed by atoms with Crippen LogP contribution < -0.4 is 9.84 Å². The first-order valence-electron chi connectivity index (χ1n) is 2.30. The lowest BCUT2D eigenvalue weighted by Gasteiger charge is -1.71. The van der Waals surface area contributed by atoms with E-state index in [1.54, 1.807) is 16.9 Å². The van der Waals surface area contributed by atoms with Crippen LogP contribution >= 0.6 is 0 Å². The molecule has 0 atom stereocenters. The van der Waals surface area contributed by atoms with Gasteiger partial charge >= 0.3 is 0 Å². The molecular formula is C4H4N4. The lowest BCUT2D eigenvalue weighted by molar-refractivity contribution is -0.732. The summed E-state index contributed by atoms with van der Waals surface area (Å²) < 4.78 is 3.28. The van der Waals surface area contributed by atoms with Crippen LogP contribution in [0, 0.1) is 0 Å². The highest BCUT2D eigenvalue weighted by Gasteiger charge is 1.87. The monoisotopic (exact) mass is 108 g/mol. The van der Waals surface area contributed by atoms with Crippen molar-refractivity contribution >= 4 is 0 Å². The van der Waals surface area contributed by atoms with Gasteiger partial charge in [-0.05, 0) is 4.74 Å². The second-order valence-corrected chi connectivity index (χ2v) is 1.48. The standard InChI is InChI=1S/C4H4N4/c1-3-7-4-2-6-8(7)5-1/h1-4H. The zero-order valence-electron chi connectivity index (χ0n) is 4.10. The van der Waals surface area contributed by atoms with E-state index >= 15 is 0 Å². The zero-order valence-corrected chi connectivity index (χ0v) is 4.10. The highest BCUT2D eigenvalue weighted by atomic mass is 15.6. The van der Waals surface area contributed by atoms with Crippen molar-refractivity contribution in [3.63, 3.8) is 0 Å². The molecule has 0 fully saturated rings. The van der Waals surface area contributed by atoms with Crippen LogP contribution in [0.2, 0.25) is 0 Å². The molecule has 0 N–H and O–H groups in total. The highest BCUT2D eigenvalue weighted by molar-refractivity contribution is 4.66. The average Bonchev–Trinajstić information content (AvgIpc) is 2.15. The van der Waals surface area contributed by atoms with Crippen molar-refractivity contribution in [1.29, 1.82) is 0 Å². The number of fused-ring (bicyclic) bond motifs is 1. The maximum Gasteiger partial charge on any atom is 0.0291 e. The summed E-state index contributed by atoms with van der Waals surface area (Å²) in [5, 5.41) is 7.69. The molecule has 8 heavy (non-hydrogen) atoms. The van der Waals surface area contributed by atoms with Gasteiger partial charge in [0.1, 0.15) is 0 Å². The Kier molecular flexibility index (Phi) is 0.498. The SMILES string of the molecule is c1cn2cc[n-][n+]2n1. The third-order valence-corrected chi connectivity index (χ3v) is 0.985. The number of aromatic nitrogens is 4. The fourth-order valence-corrected chi connectivity index (χ4v) is 0.634. The van der Waals surface area contributed by atoms with E-state index in [1.807, 2.05) is 12.4 Å². The van der Waals surface area contributed by atoms with Gasteiger partial charge < -0.3 is 0 Å². The molecule has 0 spiro atoms. The van der Waals surface area contributed by atoms with Gasteiger partial charge in [-0.1, -0.05) is 10.2 Å². The van der Waals surface area contributed by atoms with Gasteiger partial charge in [-0.3, -0.25) is 0 Å². The minimum atomic E-state index is 1.50. The Morgan fingerprint density at radius 2 is 2.50 bits per heavy atom. The summed E-state index contributed by atoms with van der Waals surface area (Å²) >= 11 is 0. The summed E-state index contributed by atoms with van der Waals surface area (Å²) in [6.45, 7) is 0. The van der Waals surface area contributed by atoms with E-state index in [2.05, 4.69) is 10.2 Å². The highest BCUT2D eigenvalue weighted by Crippen LogP contribution is 1.71. The molecule has 0 aliphatic heterocycles. The van der Waals surface area contributed by atoms with Gasteiger partial charge in [-0.2, -0.15) is 4.52 Å². The van der Waals surface area contributed by atoms with Crippen LogP contribution in [-0.4, -0.2) is 9.61 Å². The molecule has 0 unspecified atom stereocenters. The van der Waals surface area contributed by atoms with E-state index in [0.717, 1.165) is 0 Å². The van der Waals surface area contributed by atoms with Gasteiger partial charge in [-0.25, -0.2) is 0 Å². The Balaban J connectivity index is 3.06. The Morgan fingerprint density at radius 3 is 3.38 bits per heavy atom. The van der Waals surface area contributed by atoms with Crippen LogP contribution in [0.3, 0.4) is 0 Å². The molecule has 4 nitrogen and oxygen atoms in total. The van der Waals surface area contributed by atoms with Gasteiger partial charge in [0, 0.05) is 24.8 Å². The number of hydrogen-bond donors (Lipinski definition) is 0. The molecule has 40 valence electrons. The summed E-state index contributed by atoms with van der Waals surface area (Å²) in [5.74, 6) is 0. The van der Waals surface area contributed by atoms with Gasteiger partial charge in [0.25, 0.3) is 0 Å². The van der Waals surface area contributed by atoms with Crippen molar-refractivity contribution in [3.05, 3.63) is 24.8 Å². The summed E-state index contributed by atoms with van der Waals surface area (Å²) in [5.41, 5.74) is 0. The summed E-state index contributed by atoms with van der Waals surface area (Å²) in [6, 6.07) is 0. The molecule has 0 radical (unpaired) electrons. The van der Waals surface area contributed by atoms with Crippen LogP contribution in [-0.2, 0) is 0 Å². The largest absolute Gasteiger partial charge is 0.173 e. The van der Waals surface area contributed by atoms with E-state index in [4.69, 9.17) is 0 Å². The maximum atomic E-state index is 3.85. The van der Waals surface area contributed by atoms with Crippen molar-refractivity contribution in [2.24, 2.45) is 0 Å². The van der Waals surface area contributed by atoms with Crippen molar-refractivity contribution in [2.75, 3.05) is 0 Å². The van der Waals surface area contributed by atoms with Crippen molar-refractivity contribution in [2.45, 2.75) is 0 Å². The molecule has 2 aromatic rings. The van der Waals surface area contributed by atoms with Gasteiger partial charge in [-0.15, -0.1) is 0 Å². The number of rotatable bonds is 0. The second kappa shape index (κ2) is 1.09. The molecule has 0 aliphatic carbocycles. The summed E-state index contributed by atoms with van der Waals surface area (Å²) in [7, 11) is 0. The van der Waals surface area contributed by atoms with E-state index in [9.17, 15) is 0 Å². The Hall–Kier alpha value is -1.32. The lowest BCUT2D eigenvalue weighted by Crippen LogP contribution is -2.32. The first-order chi connectivity index (χ1) is 3.97. The quantitative estimate of drug-likeness (QED) is 0.400. The first-order valence-corrected chi connectivity index (χ1v) is 2.30. The van der Waals surface area contributed by atoms with E-state index in [1.165, 1.54) is 4.74 Å². The third kappa shape index (κ3) is 0.294. The molecule has 0 aromatic carbocycles. The average molecular weight is 108 g/mol. The maximum absolute atomic E-state index is 3.85. The molecule has 0 saturated carbocycles. The lowest BCUT2D eigenvalue weighted by atomic mass is 10.9. The molecule has 0 aliphatic rings. The molecule has 2 rings (SSSR count). The predicted octanol–water partition coefficient (Wildman–Crippen LogP) is -1.12. The summed E-state index contributed by atoms with van der Waals surface area (Å²) in [6.07, 6.45) is 7.03. The van der Waals surface area contributed by atoms with Crippen LogP contribution in [0.1, 0.15) is 0 Å². The smallest absolute Gasteiger partial charge is 0.0291 e. The number of hydrogen-bond acceptors (Lipinski definition) is 1. The molecular weight excluding hydrogens is 104 g/mol. The van der Waals surface area contributed by atoms with Crippen LogP contribution in [0.15, 0.2) is 24.8 Å². The minimum Gasteiger partial charge on any atom is -0.173 e. The van der Waals surface area contributed by atoms with E-state index in [0.29, 0.717) is 0 Å². The topological polar surface area (TPSA) is 35.5 Å². The van der Waals surface area contributed by atoms with Crippen LogP contribution in [0.4, 0.5) is 0 Å².